The summed E-state index contributed by atoms with van der Waals surface area (Å²) in [5.41, 5.74) is 0.946. The highest BCUT2D eigenvalue weighted by Crippen LogP contribution is 2.22. The van der Waals surface area contributed by atoms with E-state index in [-0.39, 0.29) is 5.69 Å². The predicted molar refractivity (Wildman–Crippen MR) is 76.5 cm³/mol. The zero-order valence-electron chi connectivity index (χ0n) is 11.3. The van der Waals surface area contributed by atoms with Crippen LogP contribution in [-0.4, -0.2) is 24.6 Å². The number of nitriles is 1. The van der Waals surface area contributed by atoms with Crippen molar-refractivity contribution >= 4 is 11.4 Å². The molecule has 1 saturated heterocycles. The van der Waals surface area contributed by atoms with Crippen molar-refractivity contribution in [3.63, 3.8) is 0 Å². The minimum Gasteiger partial charge on any atom is -0.384 e. The summed E-state index contributed by atoms with van der Waals surface area (Å²) in [4.78, 5) is 10.2. The number of nitro benzene ring substituents is 1. The molecule has 1 aliphatic heterocycles. The van der Waals surface area contributed by atoms with Crippen LogP contribution in [0.4, 0.5) is 11.4 Å². The summed E-state index contributed by atoms with van der Waals surface area (Å²) in [7, 11) is 0. The van der Waals surface area contributed by atoms with Crippen LogP contribution < -0.4 is 10.6 Å². The van der Waals surface area contributed by atoms with E-state index in [0.29, 0.717) is 17.2 Å². The molecule has 2 N–H and O–H groups in total. The third-order valence-corrected chi connectivity index (χ3v) is 3.66. The van der Waals surface area contributed by atoms with Gasteiger partial charge in [0.25, 0.3) is 5.69 Å². The van der Waals surface area contributed by atoms with Gasteiger partial charge in [-0.05, 0) is 44.3 Å². The second kappa shape index (κ2) is 6.87. The fourth-order valence-electron chi connectivity index (χ4n) is 2.47. The predicted octanol–water partition coefficient (Wildman–Crippen LogP) is 2.27. The van der Waals surface area contributed by atoms with Crippen molar-refractivity contribution in [3.05, 3.63) is 33.9 Å². The normalized spacial score (nSPS) is 15.6. The van der Waals surface area contributed by atoms with Gasteiger partial charge in [-0.1, -0.05) is 0 Å². The average molecular weight is 274 g/mol. The van der Waals surface area contributed by atoms with Crippen LogP contribution in [0.15, 0.2) is 18.2 Å². The van der Waals surface area contributed by atoms with Crippen molar-refractivity contribution in [2.45, 2.75) is 19.3 Å². The van der Waals surface area contributed by atoms with Crippen LogP contribution in [0, 0.1) is 27.4 Å². The number of nitrogens with one attached hydrogen (secondary N) is 2. The molecule has 1 aromatic carbocycles. The Hall–Kier alpha value is -2.13. The van der Waals surface area contributed by atoms with E-state index in [4.69, 9.17) is 5.26 Å². The van der Waals surface area contributed by atoms with E-state index in [1.165, 1.54) is 25.0 Å². The van der Waals surface area contributed by atoms with Crippen molar-refractivity contribution in [2.24, 2.45) is 5.92 Å². The summed E-state index contributed by atoms with van der Waals surface area (Å²) in [6.45, 7) is 2.94. The molecule has 106 valence electrons. The lowest BCUT2D eigenvalue weighted by atomic mass is 9.95. The van der Waals surface area contributed by atoms with E-state index in [0.717, 1.165) is 26.1 Å². The first-order valence-electron chi connectivity index (χ1n) is 6.84. The zero-order valence-corrected chi connectivity index (χ0v) is 11.3. The number of hydrogen-bond donors (Lipinski definition) is 2. The number of benzene rings is 1. The van der Waals surface area contributed by atoms with E-state index in [9.17, 15) is 10.1 Å². The fraction of sp³-hybridized carbons (Fsp3) is 0.500. The summed E-state index contributed by atoms with van der Waals surface area (Å²) in [5, 5.41) is 26.3. The van der Waals surface area contributed by atoms with E-state index in [1.807, 2.05) is 6.07 Å². The summed E-state index contributed by atoms with van der Waals surface area (Å²) >= 11 is 0. The van der Waals surface area contributed by atoms with Gasteiger partial charge in [0.05, 0.1) is 16.2 Å². The average Bonchev–Trinajstić information content (AvgIpc) is 2.48. The molecule has 0 bridgehead atoms. The Kier molecular flexibility index (Phi) is 4.91. The van der Waals surface area contributed by atoms with Gasteiger partial charge in [0, 0.05) is 18.7 Å². The topological polar surface area (TPSA) is 91.0 Å². The Morgan fingerprint density at radius 3 is 2.85 bits per heavy atom. The molecule has 0 unspecified atom stereocenters. The van der Waals surface area contributed by atoms with Crippen LogP contribution in [0.2, 0.25) is 0 Å². The van der Waals surface area contributed by atoms with Crippen molar-refractivity contribution < 1.29 is 4.92 Å². The first-order chi connectivity index (χ1) is 9.70. The highest BCUT2D eigenvalue weighted by molar-refractivity contribution is 5.61. The lowest BCUT2D eigenvalue weighted by Gasteiger charge is -2.22. The number of non-ortho nitro benzene ring substituents is 1. The summed E-state index contributed by atoms with van der Waals surface area (Å²) in [6.07, 6.45) is 3.43. The smallest absolute Gasteiger partial charge is 0.270 e. The Morgan fingerprint density at radius 1 is 1.45 bits per heavy atom. The third-order valence-electron chi connectivity index (χ3n) is 3.66. The van der Waals surface area contributed by atoms with Gasteiger partial charge in [-0.3, -0.25) is 10.1 Å². The second-order valence-electron chi connectivity index (χ2n) is 5.01. The molecule has 1 heterocycles. The van der Waals surface area contributed by atoms with Gasteiger partial charge in [-0.2, -0.15) is 5.26 Å². The molecule has 6 heteroatoms. The number of nitrogens with zero attached hydrogens (tertiary/aromatic N) is 2. The Balaban J connectivity index is 1.92. The monoisotopic (exact) mass is 274 g/mol. The van der Waals surface area contributed by atoms with Crippen LogP contribution in [-0.2, 0) is 0 Å². The van der Waals surface area contributed by atoms with Crippen molar-refractivity contribution in [1.29, 1.82) is 5.26 Å². The van der Waals surface area contributed by atoms with Crippen LogP contribution >= 0.6 is 0 Å². The van der Waals surface area contributed by atoms with Gasteiger partial charge in [-0.15, -0.1) is 0 Å². The molecular weight excluding hydrogens is 256 g/mol. The molecule has 0 radical (unpaired) electrons. The highest BCUT2D eigenvalue weighted by Gasteiger charge is 2.13. The molecule has 2 rings (SSSR count). The molecule has 0 spiro atoms. The molecule has 6 nitrogen and oxygen atoms in total. The van der Waals surface area contributed by atoms with Crippen molar-refractivity contribution in [2.75, 3.05) is 25.0 Å². The quantitative estimate of drug-likeness (QED) is 0.635. The van der Waals surface area contributed by atoms with Crippen molar-refractivity contribution in [3.8, 4) is 6.07 Å². The van der Waals surface area contributed by atoms with E-state index >= 15 is 0 Å². The van der Waals surface area contributed by atoms with E-state index < -0.39 is 4.92 Å². The number of nitro groups is 1. The van der Waals surface area contributed by atoms with Gasteiger partial charge in [-0.25, -0.2) is 0 Å². The second-order valence-corrected chi connectivity index (χ2v) is 5.01. The summed E-state index contributed by atoms with van der Waals surface area (Å²) in [5.74, 6) is 0.715. The zero-order chi connectivity index (χ0) is 14.4. The molecule has 0 atom stereocenters. The van der Waals surface area contributed by atoms with Gasteiger partial charge in [0.2, 0.25) is 0 Å². The standard InChI is InChI=1S/C14H18N4O2/c15-10-12-9-13(18(19)20)1-2-14(12)17-8-5-11-3-6-16-7-4-11/h1-2,9,11,16-17H,3-8H2. The molecule has 1 aromatic rings. The highest BCUT2D eigenvalue weighted by atomic mass is 16.6. The maximum absolute atomic E-state index is 10.7. The number of anilines is 1. The number of piperidine rings is 1. The Morgan fingerprint density at radius 2 is 2.20 bits per heavy atom. The molecule has 0 aromatic heterocycles. The molecule has 0 aliphatic carbocycles. The summed E-state index contributed by atoms with van der Waals surface area (Å²) < 4.78 is 0. The minimum atomic E-state index is -0.486. The number of rotatable bonds is 5. The maximum atomic E-state index is 10.7. The lowest BCUT2D eigenvalue weighted by Crippen LogP contribution is -2.28. The summed E-state index contributed by atoms with van der Waals surface area (Å²) in [6, 6.07) is 6.35. The van der Waals surface area contributed by atoms with Gasteiger partial charge in [0.15, 0.2) is 0 Å². The van der Waals surface area contributed by atoms with E-state index in [1.54, 1.807) is 6.07 Å². The minimum absolute atomic E-state index is 0.0505. The van der Waals surface area contributed by atoms with Crippen LogP contribution in [0.25, 0.3) is 0 Å². The van der Waals surface area contributed by atoms with Crippen LogP contribution in [0.3, 0.4) is 0 Å². The first kappa shape index (κ1) is 14.3. The first-order valence-corrected chi connectivity index (χ1v) is 6.84. The van der Waals surface area contributed by atoms with Crippen LogP contribution in [0.5, 0.6) is 0 Å². The molecule has 1 fully saturated rings. The van der Waals surface area contributed by atoms with Crippen molar-refractivity contribution in [1.82, 2.24) is 5.32 Å². The fourth-order valence-corrected chi connectivity index (χ4v) is 2.47. The molecule has 0 amide bonds. The Bertz CT molecular complexity index is 518. The molecular formula is C14H18N4O2. The maximum Gasteiger partial charge on any atom is 0.270 e. The molecule has 1 aliphatic rings. The SMILES string of the molecule is N#Cc1cc([N+](=O)[O-])ccc1NCCC1CCNCC1. The molecule has 0 saturated carbocycles. The lowest BCUT2D eigenvalue weighted by molar-refractivity contribution is -0.384. The van der Waals surface area contributed by atoms with Gasteiger partial charge < -0.3 is 10.6 Å². The van der Waals surface area contributed by atoms with Gasteiger partial charge in [0.1, 0.15) is 6.07 Å². The Labute approximate surface area is 117 Å². The van der Waals surface area contributed by atoms with Gasteiger partial charge >= 0.3 is 0 Å². The van der Waals surface area contributed by atoms with E-state index in [2.05, 4.69) is 10.6 Å². The number of hydrogen-bond acceptors (Lipinski definition) is 5. The van der Waals surface area contributed by atoms with Crippen LogP contribution in [0.1, 0.15) is 24.8 Å². The molecule has 20 heavy (non-hydrogen) atoms. The largest absolute Gasteiger partial charge is 0.384 e. The third kappa shape index (κ3) is 3.68.